The minimum Gasteiger partial charge on any atom is -0.679 e. The summed E-state index contributed by atoms with van der Waals surface area (Å²) in [6.07, 6.45) is 0. The maximum Gasteiger partial charge on any atom is 4.00 e. The molecule has 0 radical (unpaired) electrons. The zero-order valence-corrected chi connectivity index (χ0v) is 29.0. The Hall–Kier alpha value is -2.73. The fraction of sp³-hybridized carbons (Fsp3) is 0.314. The molecule has 0 aliphatic carbocycles. The first-order chi connectivity index (χ1) is 18.8. The van der Waals surface area contributed by atoms with E-state index in [0.29, 0.717) is 11.8 Å². The number of aromatic nitrogens is 1. The van der Waals surface area contributed by atoms with Gasteiger partial charge in [-0.3, -0.25) is 0 Å². The van der Waals surface area contributed by atoms with E-state index in [-0.39, 0.29) is 31.9 Å². The van der Waals surface area contributed by atoms with Crippen molar-refractivity contribution < 1.29 is 30.4 Å². The Kier molecular flexibility index (Phi) is 16.4. The number of hydrogen-bond donors (Lipinski definition) is 0. The van der Waals surface area contributed by atoms with Crippen LogP contribution in [0.5, 0.6) is 0 Å². The maximum atomic E-state index is 5.47. The van der Waals surface area contributed by atoms with Gasteiger partial charge in [-0.2, -0.15) is 28.2 Å². The van der Waals surface area contributed by atoms with Crippen molar-refractivity contribution in [3.8, 4) is 11.3 Å². The summed E-state index contributed by atoms with van der Waals surface area (Å²) in [5, 5.41) is 12.5. The van der Waals surface area contributed by atoms with Gasteiger partial charge in [0.2, 0.25) is 0 Å². The molecule has 0 bridgehead atoms. The minimum absolute atomic E-state index is 0. The quantitative estimate of drug-likeness (QED) is 0.105. The summed E-state index contributed by atoms with van der Waals surface area (Å²) >= 11 is 0. The van der Waals surface area contributed by atoms with Crippen molar-refractivity contribution in [2.75, 3.05) is 28.2 Å². The van der Waals surface area contributed by atoms with Crippen molar-refractivity contribution in [1.82, 2.24) is 0 Å². The van der Waals surface area contributed by atoms with E-state index in [4.69, 9.17) is 5.32 Å². The third-order valence-electron chi connectivity index (χ3n) is 6.10. The van der Waals surface area contributed by atoms with Gasteiger partial charge in [-0.15, -0.1) is 36.0 Å². The van der Waals surface area contributed by atoms with Crippen molar-refractivity contribution >= 4 is 5.69 Å². The summed E-state index contributed by atoms with van der Waals surface area (Å²) in [5.74, 6) is 0.770. The van der Waals surface area contributed by atoms with Gasteiger partial charge in [0.25, 0.3) is 0 Å². The molecular formula is C35H44HfN4. The second kappa shape index (κ2) is 18.6. The van der Waals surface area contributed by atoms with Crippen LogP contribution in [0.2, 0.25) is 0 Å². The predicted molar refractivity (Wildman–Crippen MR) is 168 cm³/mol. The molecule has 0 spiro atoms. The Labute approximate surface area is 262 Å². The Balaban J connectivity index is 0.00000105. The van der Waals surface area contributed by atoms with Crippen molar-refractivity contribution in [3.63, 3.8) is 0 Å². The molecule has 1 atom stereocenters. The van der Waals surface area contributed by atoms with Crippen LogP contribution in [-0.2, 0) is 25.8 Å². The van der Waals surface area contributed by atoms with E-state index in [1.54, 1.807) is 28.2 Å². The molecule has 0 fully saturated rings. The van der Waals surface area contributed by atoms with E-state index in [1.165, 1.54) is 11.1 Å². The topological polar surface area (TPSA) is 46.2 Å². The number of para-hydroxylation sites is 1. The first kappa shape index (κ1) is 35.3. The van der Waals surface area contributed by atoms with E-state index < -0.39 is 0 Å². The van der Waals surface area contributed by atoms with Crippen LogP contribution in [0.3, 0.4) is 0 Å². The zero-order chi connectivity index (χ0) is 28.8. The monoisotopic (exact) mass is 700 g/mol. The first-order valence-corrected chi connectivity index (χ1v) is 13.5. The fourth-order valence-corrected chi connectivity index (χ4v) is 4.32. The molecule has 0 saturated heterocycles. The molecule has 4 rings (SSSR count). The molecule has 40 heavy (non-hydrogen) atoms. The molecule has 3 aromatic carbocycles. The fourth-order valence-electron chi connectivity index (χ4n) is 4.32. The third kappa shape index (κ3) is 9.72. The summed E-state index contributed by atoms with van der Waals surface area (Å²) < 4.78 is 2.01. The van der Waals surface area contributed by atoms with Gasteiger partial charge in [0.15, 0.2) is 0 Å². The first-order valence-electron chi connectivity index (χ1n) is 13.5. The van der Waals surface area contributed by atoms with Crippen molar-refractivity contribution in [2.45, 2.75) is 45.6 Å². The minimum atomic E-state index is -0.176. The van der Waals surface area contributed by atoms with E-state index >= 15 is 0 Å². The maximum absolute atomic E-state index is 5.47. The SMILES string of the molecule is C[N-]C.C[N-]C.[CH2-][n+]1c(-c2[c-]cccc2)cccc1C([N-]c1c(C(C)C)cccc1C(C)C)c1ccccc1.[Hf+4]. The van der Waals surface area contributed by atoms with Crippen LogP contribution in [0, 0.1) is 13.1 Å². The summed E-state index contributed by atoms with van der Waals surface area (Å²) in [4.78, 5) is 0. The largest absolute Gasteiger partial charge is 4.00 e. The molecule has 1 aromatic heterocycles. The van der Waals surface area contributed by atoms with Gasteiger partial charge in [0, 0.05) is 7.05 Å². The number of nitrogens with zero attached hydrogens (tertiary/aromatic N) is 4. The normalized spacial score (nSPS) is 10.9. The van der Waals surface area contributed by atoms with Crippen LogP contribution in [0.25, 0.3) is 27.2 Å². The van der Waals surface area contributed by atoms with Crippen LogP contribution >= 0.6 is 0 Å². The summed E-state index contributed by atoms with van der Waals surface area (Å²) in [5.41, 5.74) is 7.90. The molecule has 4 aromatic rings. The molecule has 4 nitrogen and oxygen atoms in total. The number of rotatable bonds is 7. The van der Waals surface area contributed by atoms with Gasteiger partial charge >= 0.3 is 25.8 Å². The van der Waals surface area contributed by atoms with Gasteiger partial charge in [-0.1, -0.05) is 117 Å². The van der Waals surface area contributed by atoms with Crippen molar-refractivity contribution in [2.24, 2.45) is 0 Å². The molecule has 0 aliphatic rings. The molecule has 0 aliphatic heterocycles. The van der Waals surface area contributed by atoms with Crippen LogP contribution < -0.4 is 4.57 Å². The smallest absolute Gasteiger partial charge is 0.679 e. The number of pyridine rings is 1. The van der Waals surface area contributed by atoms with Gasteiger partial charge in [-0.25, -0.2) is 0 Å². The number of hydrogen-bond acceptors (Lipinski definition) is 0. The molecule has 1 heterocycles. The Morgan fingerprint density at radius 2 is 1.20 bits per heavy atom. The van der Waals surface area contributed by atoms with Gasteiger partial charge in [0.05, 0.1) is 5.69 Å². The predicted octanol–water partition coefficient (Wildman–Crippen LogP) is 9.36. The van der Waals surface area contributed by atoms with Crippen LogP contribution in [0.4, 0.5) is 5.69 Å². The van der Waals surface area contributed by atoms with Crippen LogP contribution in [0.15, 0.2) is 91.0 Å². The molecule has 0 N–H and O–H groups in total. The summed E-state index contributed by atoms with van der Waals surface area (Å²) in [6, 6.07) is 34.6. The third-order valence-corrected chi connectivity index (χ3v) is 6.10. The van der Waals surface area contributed by atoms with Crippen molar-refractivity contribution in [1.29, 1.82) is 0 Å². The van der Waals surface area contributed by atoms with Gasteiger partial charge in [-0.05, 0) is 17.9 Å². The summed E-state index contributed by atoms with van der Waals surface area (Å²) in [6.45, 7) is 8.96. The molecule has 208 valence electrons. The Bertz CT molecular complexity index is 1210. The molecular weight excluding hydrogens is 655 g/mol. The molecule has 5 heteroatoms. The van der Waals surface area contributed by atoms with Crippen LogP contribution in [-0.4, -0.2) is 28.2 Å². The van der Waals surface area contributed by atoms with E-state index in [9.17, 15) is 0 Å². The number of benzene rings is 3. The molecule has 0 amide bonds. The summed E-state index contributed by atoms with van der Waals surface area (Å²) in [7, 11) is 11.4. The molecule has 0 saturated carbocycles. The second-order valence-corrected chi connectivity index (χ2v) is 9.97. The van der Waals surface area contributed by atoms with E-state index in [1.807, 2.05) is 22.8 Å². The van der Waals surface area contributed by atoms with Crippen LogP contribution in [0.1, 0.15) is 68.0 Å². The standard InChI is InChI=1S/C31H32N2.2C2H6N.Hf/c1-22(2)26-18-12-19-27(23(3)4)31(26)32-30(25-16-10-7-11-17-25)29-21-13-20-28(33(29)5)24-14-8-6-9-15-24;2*1-3-2;/h6-14,16-23,30H,5H2,1-4H3;2*1-2H3;/q-2;2*-1;+4. The van der Waals surface area contributed by atoms with Gasteiger partial charge in [0.1, 0.15) is 5.69 Å². The van der Waals surface area contributed by atoms with Crippen molar-refractivity contribution in [3.05, 3.63) is 142 Å². The molecule has 1 unspecified atom stereocenters. The Morgan fingerprint density at radius 3 is 1.70 bits per heavy atom. The second-order valence-electron chi connectivity index (χ2n) is 9.97. The zero-order valence-electron chi connectivity index (χ0n) is 25.4. The van der Waals surface area contributed by atoms with E-state index in [2.05, 4.69) is 124 Å². The average Bonchev–Trinajstić information content (AvgIpc) is 2.93. The average molecular weight is 699 g/mol. The van der Waals surface area contributed by atoms with Gasteiger partial charge < -0.3 is 20.5 Å². The van der Waals surface area contributed by atoms with E-state index in [0.717, 1.165) is 28.2 Å². The Morgan fingerprint density at radius 1 is 0.675 bits per heavy atom.